The zero-order valence-corrected chi connectivity index (χ0v) is 11.4. The van der Waals surface area contributed by atoms with Crippen molar-refractivity contribution >= 4 is 13.6 Å². The molecule has 0 heterocycles. The number of aromatic hydroxyl groups is 1. The van der Waals surface area contributed by atoms with E-state index in [9.17, 15) is 9.36 Å². The lowest BCUT2D eigenvalue weighted by molar-refractivity contribution is -0.139. The van der Waals surface area contributed by atoms with Crippen LogP contribution in [-0.4, -0.2) is 37.8 Å². The van der Waals surface area contributed by atoms with Crippen LogP contribution in [0.2, 0.25) is 0 Å². The van der Waals surface area contributed by atoms with E-state index in [0.717, 1.165) is 6.08 Å². The highest BCUT2D eigenvalue weighted by atomic mass is 31.2. The summed E-state index contributed by atoms with van der Waals surface area (Å²) in [6, 6.07) is 4.70. The van der Waals surface area contributed by atoms with Gasteiger partial charge in [-0.15, -0.1) is 6.58 Å². The van der Waals surface area contributed by atoms with Gasteiger partial charge in [0.25, 0.3) is 0 Å². The predicted octanol–water partition coefficient (Wildman–Crippen LogP) is 0.667. The van der Waals surface area contributed by atoms with Crippen molar-refractivity contribution in [1.82, 2.24) is 5.32 Å². The molecule has 0 saturated heterocycles. The maximum Gasteiger partial charge on any atom is 0.346 e. The Hall–Kier alpha value is -1.66. The molecule has 2 atom stereocenters. The fourth-order valence-corrected chi connectivity index (χ4v) is 2.24. The molecule has 7 nitrogen and oxygen atoms in total. The van der Waals surface area contributed by atoms with Crippen LogP contribution in [0.3, 0.4) is 0 Å². The van der Waals surface area contributed by atoms with Gasteiger partial charge < -0.3 is 20.0 Å². The summed E-state index contributed by atoms with van der Waals surface area (Å²) in [6.07, 6.45) is 0.994. The SMILES string of the molecule is C=CC(N[C@@H](Cc1ccc(O)cc1)C(=O)O)P(=O)(O)O. The Balaban J connectivity index is 2.84. The summed E-state index contributed by atoms with van der Waals surface area (Å²) in [6.45, 7) is 3.28. The third kappa shape index (κ3) is 4.79. The van der Waals surface area contributed by atoms with E-state index in [4.69, 9.17) is 20.0 Å². The number of carbonyl (C=O) groups is 1. The van der Waals surface area contributed by atoms with Gasteiger partial charge in [0.2, 0.25) is 0 Å². The van der Waals surface area contributed by atoms with E-state index in [2.05, 4.69) is 11.9 Å². The zero-order chi connectivity index (χ0) is 15.3. The monoisotopic (exact) mass is 301 g/mol. The van der Waals surface area contributed by atoms with E-state index < -0.39 is 25.4 Å². The fraction of sp³-hybridized carbons (Fsp3) is 0.250. The molecule has 1 unspecified atom stereocenters. The average Bonchev–Trinajstić information content (AvgIpc) is 2.34. The van der Waals surface area contributed by atoms with Crippen LogP contribution < -0.4 is 5.32 Å². The number of hydrogen-bond donors (Lipinski definition) is 5. The van der Waals surface area contributed by atoms with Gasteiger partial charge in [-0.2, -0.15) is 0 Å². The van der Waals surface area contributed by atoms with Gasteiger partial charge in [-0.05, 0) is 24.1 Å². The van der Waals surface area contributed by atoms with Gasteiger partial charge in [0.1, 0.15) is 17.6 Å². The van der Waals surface area contributed by atoms with Crippen LogP contribution in [0.4, 0.5) is 0 Å². The molecular weight excluding hydrogens is 285 g/mol. The first-order valence-corrected chi connectivity index (χ1v) is 7.36. The second-order valence-electron chi connectivity index (χ2n) is 4.20. The lowest BCUT2D eigenvalue weighted by Gasteiger charge is -2.21. The van der Waals surface area contributed by atoms with E-state index in [1.54, 1.807) is 0 Å². The van der Waals surface area contributed by atoms with Crippen LogP contribution >= 0.6 is 7.60 Å². The number of hydrogen-bond acceptors (Lipinski definition) is 4. The first-order chi connectivity index (χ1) is 9.24. The number of aliphatic carboxylic acids is 1. The molecule has 0 radical (unpaired) electrons. The number of carboxylic acids is 1. The molecule has 0 bridgehead atoms. The summed E-state index contributed by atoms with van der Waals surface area (Å²) in [5, 5.41) is 20.6. The second kappa shape index (κ2) is 6.67. The summed E-state index contributed by atoms with van der Waals surface area (Å²) >= 11 is 0. The molecule has 0 aliphatic carbocycles. The topological polar surface area (TPSA) is 127 Å². The first-order valence-electron chi connectivity index (χ1n) is 5.68. The Morgan fingerprint density at radius 2 is 1.90 bits per heavy atom. The predicted molar refractivity (Wildman–Crippen MR) is 72.4 cm³/mol. The second-order valence-corrected chi connectivity index (χ2v) is 5.93. The number of benzene rings is 1. The van der Waals surface area contributed by atoms with Crippen LogP contribution in [0.5, 0.6) is 5.75 Å². The quantitative estimate of drug-likeness (QED) is 0.370. The van der Waals surface area contributed by atoms with E-state index in [1.165, 1.54) is 24.3 Å². The van der Waals surface area contributed by atoms with Gasteiger partial charge in [0.15, 0.2) is 0 Å². The molecule has 0 amide bonds. The van der Waals surface area contributed by atoms with Gasteiger partial charge in [-0.1, -0.05) is 18.2 Å². The summed E-state index contributed by atoms with van der Waals surface area (Å²) in [5.74, 6) is -2.62. The zero-order valence-electron chi connectivity index (χ0n) is 10.5. The maximum atomic E-state index is 11.2. The summed E-state index contributed by atoms with van der Waals surface area (Å²) < 4.78 is 11.2. The summed E-state index contributed by atoms with van der Waals surface area (Å²) in [5.41, 5.74) is 0.608. The normalized spacial score (nSPS) is 14.5. The van der Waals surface area contributed by atoms with Crippen molar-refractivity contribution in [2.75, 3.05) is 0 Å². The number of nitrogens with one attached hydrogen (secondary N) is 1. The van der Waals surface area contributed by atoms with Crippen LogP contribution in [-0.2, 0) is 15.8 Å². The molecule has 0 spiro atoms. The Morgan fingerprint density at radius 3 is 2.30 bits per heavy atom. The van der Waals surface area contributed by atoms with Crippen LogP contribution in [0.15, 0.2) is 36.9 Å². The molecule has 110 valence electrons. The Bertz CT molecular complexity index is 523. The lowest BCUT2D eigenvalue weighted by Crippen LogP contribution is -2.43. The molecule has 0 saturated carbocycles. The molecule has 1 rings (SSSR count). The van der Waals surface area contributed by atoms with Crippen molar-refractivity contribution in [3.05, 3.63) is 42.5 Å². The first kappa shape index (κ1) is 16.4. The highest BCUT2D eigenvalue weighted by molar-refractivity contribution is 7.52. The van der Waals surface area contributed by atoms with Crippen LogP contribution in [0, 0.1) is 0 Å². The molecule has 5 N–H and O–H groups in total. The van der Waals surface area contributed by atoms with Crippen LogP contribution in [0.25, 0.3) is 0 Å². The third-order valence-electron chi connectivity index (χ3n) is 2.63. The Kier molecular flexibility index (Phi) is 5.47. The molecule has 0 aliphatic heterocycles. The number of carboxylic acid groups (broad SMARTS) is 1. The summed E-state index contributed by atoms with van der Waals surface area (Å²) in [7, 11) is -4.51. The van der Waals surface area contributed by atoms with Crippen molar-refractivity contribution in [1.29, 1.82) is 0 Å². The molecule has 0 fully saturated rings. The maximum absolute atomic E-state index is 11.2. The van der Waals surface area contributed by atoms with Crippen molar-refractivity contribution in [2.45, 2.75) is 18.2 Å². The minimum atomic E-state index is -4.51. The highest BCUT2D eigenvalue weighted by Gasteiger charge is 2.30. The molecule has 1 aromatic rings. The Labute approximate surface area is 115 Å². The van der Waals surface area contributed by atoms with Gasteiger partial charge in [-0.3, -0.25) is 14.7 Å². The molecule has 0 aromatic heterocycles. The fourth-order valence-electron chi connectivity index (χ4n) is 1.59. The van der Waals surface area contributed by atoms with Crippen molar-refractivity contribution in [3.63, 3.8) is 0 Å². The minimum absolute atomic E-state index is 0.0138. The van der Waals surface area contributed by atoms with Crippen molar-refractivity contribution in [2.24, 2.45) is 0 Å². The van der Waals surface area contributed by atoms with E-state index in [1.807, 2.05) is 0 Å². The van der Waals surface area contributed by atoms with E-state index in [-0.39, 0.29) is 12.2 Å². The molecular formula is C12H16NO6P. The van der Waals surface area contributed by atoms with Gasteiger partial charge in [-0.25, -0.2) is 0 Å². The van der Waals surface area contributed by atoms with Gasteiger partial charge in [0, 0.05) is 0 Å². The third-order valence-corrected chi connectivity index (χ3v) is 3.72. The van der Waals surface area contributed by atoms with Gasteiger partial charge in [0.05, 0.1) is 0 Å². The molecule has 20 heavy (non-hydrogen) atoms. The van der Waals surface area contributed by atoms with Crippen molar-refractivity contribution < 1.29 is 29.4 Å². The average molecular weight is 301 g/mol. The summed E-state index contributed by atoms with van der Waals surface area (Å²) in [4.78, 5) is 29.3. The standard InChI is InChI=1S/C12H16NO6P/c1-2-11(20(17,18)19)13-10(12(15)16)7-8-3-5-9(14)6-4-8/h2-6,10-11,13-14H,1,7H2,(H,15,16)(H2,17,18,19)/t10-,11?/m0/s1. The molecule has 0 aliphatic rings. The Morgan fingerprint density at radius 1 is 1.35 bits per heavy atom. The minimum Gasteiger partial charge on any atom is -0.508 e. The van der Waals surface area contributed by atoms with E-state index >= 15 is 0 Å². The molecule has 1 aromatic carbocycles. The number of phenols is 1. The smallest absolute Gasteiger partial charge is 0.346 e. The largest absolute Gasteiger partial charge is 0.508 e. The number of rotatable bonds is 7. The molecule has 8 heteroatoms. The lowest BCUT2D eigenvalue weighted by atomic mass is 10.1. The van der Waals surface area contributed by atoms with Crippen molar-refractivity contribution in [3.8, 4) is 5.75 Å². The number of phenolic OH excluding ortho intramolecular Hbond substituents is 1. The van der Waals surface area contributed by atoms with Gasteiger partial charge >= 0.3 is 13.6 Å². The highest BCUT2D eigenvalue weighted by Crippen LogP contribution is 2.40. The van der Waals surface area contributed by atoms with E-state index in [0.29, 0.717) is 5.56 Å². The van der Waals surface area contributed by atoms with Crippen LogP contribution in [0.1, 0.15) is 5.56 Å².